The molecule has 1 rings (SSSR count). The van der Waals surface area contributed by atoms with Gasteiger partial charge in [-0.05, 0) is 30.3 Å². The van der Waals surface area contributed by atoms with Crippen LogP contribution in [0.5, 0.6) is 0 Å². The number of rotatable bonds is 5. The fraction of sp³-hybridized carbons (Fsp3) is 0.308. The SMILES string of the molecule is C[Si](C)(C)C(Cl)=C=CCNS(=O)(=O)c1ccc(Cl)cc1. The van der Waals surface area contributed by atoms with Crippen LogP contribution in [0.25, 0.3) is 0 Å². The van der Waals surface area contributed by atoms with Crippen molar-refractivity contribution in [2.45, 2.75) is 24.5 Å². The molecule has 0 saturated heterocycles. The maximum absolute atomic E-state index is 12.0. The first-order valence-electron chi connectivity index (χ1n) is 5.99. The summed E-state index contributed by atoms with van der Waals surface area (Å²) in [4.78, 5) is 0.176. The van der Waals surface area contributed by atoms with Crippen LogP contribution in [0.1, 0.15) is 0 Å². The van der Waals surface area contributed by atoms with Gasteiger partial charge in [0.15, 0.2) is 0 Å². The van der Waals surface area contributed by atoms with E-state index in [1.807, 2.05) is 0 Å². The van der Waals surface area contributed by atoms with Crippen LogP contribution in [-0.2, 0) is 10.0 Å². The lowest BCUT2D eigenvalue weighted by molar-refractivity contribution is 0.585. The van der Waals surface area contributed by atoms with Gasteiger partial charge in [-0.1, -0.05) is 42.8 Å². The second-order valence-corrected chi connectivity index (χ2v) is 13.1. The molecule has 0 radical (unpaired) electrons. The molecular formula is C13H17Cl2NO2SSi. The Morgan fingerprint density at radius 2 is 1.85 bits per heavy atom. The predicted octanol–water partition coefficient (Wildman–Crippen LogP) is 3.77. The van der Waals surface area contributed by atoms with E-state index in [1.54, 1.807) is 6.08 Å². The molecule has 20 heavy (non-hydrogen) atoms. The van der Waals surface area contributed by atoms with Gasteiger partial charge >= 0.3 is 0 Å². The van der Waals surface area contributed by atoms with Crippen molar-refractivity contribution in [2.75, 3.05) is 6.54 Å². The normalized spacial score (nSPS) is 11.8. The highest BCUT2D eigenvalue weighted by Crippen LogP contribution is 2.16. The molecule has 0 aliphatic rings. The maximum Gasteiger partial charge on any atom is 0.240 e. The van der Waals surface area contributed by atoms with Crippen molar-refractivity contribution in [1.82, 2.24) is 4.72 Å². The summed E-state index contributed by atoms with van der Waals surface area (Å²) in [7, 11) is -5.11. The van der Waals surface area contributed by atoms with Crippen LogP contribution in [0.2, 0.25) is 24.7 Å². The molecule has 0 atom stereocenters. The monoisotopic (exact) mass is 349 g/mol. The molecule has 3 nitrogen and oxygen atoms in total. The van der Waals surface area contributed by atoms with Crippen molar-refractivity contribution in [1.29, 1.82) is 0 Å². The Kier molecular flexibility index (Phi) is 6.07. The number of nitrogens with one attached hydrogen (secondary N) is 1. The maximum atomic E-state index is 12.0. The molecule has 0 aliphatic carbocycles. The third-order valence-corrected chi connectivity index (χ3v) is 7.35. The molecule has 0 saturated carbocycles. The fourth-order valence-corrected chi connectivity index (χ4v) is 2.91. The smallest absolute Gasteiger partial charge is 0.207 e. The molecule has 0 aromatic heterocycles. The summed E-state index contributed by atoms with van der Waals surface area (Å²) in [5, 5.41) is 0.494. The largest absolute Gasteiger partial charge is 0.240 e. The average molecular weight is 350 g/mol. The Hall–Kier alpha value is -0.553. The van der Waals surface area contributed by atoms with Gasteiger partial charge in [-0.15, -0.1) is 5.73 Å². The third-order valence-electron chi connectivity index (χ3n) is 2.39. The van der Waals surface area contributed by atoms with Gasteiger partial charge in [-0.3, -0.25) is 0 Å². The summed E-state index contributed by atoms with van der Waals surface area (Å²) >= 11 is 11.8. The van der Waals surface area contributed by atoms with E-state index in [0.29, 0.717) is 9.68 Å². The van der Waals surface area contributed by atoms with E-state index >= 15 is 0 Å². The molecule has 0 bridgehead atoms. The van der Waals surface area contributed by atoms with Crippen molar-refractivity contribution in [3.05, 3.63) is 45.8 Å². The van der Waals surface area contributed by atoms with Gasteiger partial charge in [-0.2, -0.15) is 0 Å². The zero-order chi connectivity index (χ0) is 15.4. The molecule has 0 aliphatic heterocycles. The van der Waals surface area contributed by atoms with Crippen LogP contribution in [0.15, 0.2) is 45.6 Å². The fourth-order valence-electron chi connectivity index (χ4n) is 1.21. The number of benzene rings is 1. The van der Waals surface area contributed by atoms with Crippen LogP contribution in [-0.4, -0.2) is 23.0 Å². The second-order valence-electron chi connectivity index (χ2n) is 5.22. The molecule has 0 amide bonds. The Labute approximate surface area is 131 Å². The van der Waals surface area contributed by atoms with Gasteiger partial charge in [-0.25, -0.2) is 13.1 Å². The first-order chi connectivity index (χ1) is 9.13. The molecule has 110 valence electrons. The average Bonchev–Trinajstić information content (AvgIpc) is 2.33. The lowest BCUT2D eigenvalue weighted by atomic mass is 10.4. The van der Waals surface area contributed by atoms with Crippen LogP contribution >= 0.6 is 23.2 Å². The first kappa shape index (κ1) is 17.5. The van der Waals surface area contributed by atoms with Gasteiger partial charge in [0.1, 0.15) is 8.07 Å². The molecular weight excluding hydrogens is 333 g/mol. The van der Waals surface area contributed by atoms with Gasteiger partial charge in [0.05, 0.1) is 4.90 Å². The first-order valence-corrected chi connectivity index (χ1v) is 11.7. The molecule has 1 aromatic rings. The zero-order valence-corrected chi connectivity index (χ0v) is 14.9. The van der Waals surface area contributed by atoms with Crippen molar-refractivity contribution in [2.24, 2.45) is 0 Å². The standard InChI is InChI=1S/C13H17Cl2NO2SSi/c1-20(2,3)13(15)5-4-10-16-19(17,18)12-8-6-11(14)7-9-12/h4,6-9,16H,10H2,1-3H3. The predicted molar refractivity (Wildman–Crippen MR) is 87.4 cm³/mol. The minimum atomic E-state index is -3.53. The highest BCUT2D eigenvalue weighted by molar-refractivity contribution is 7.89. The van der Waals surface area contributed by atoms with Gasteiger partial charge in [0.2, 0.25) is 10.0 Å². The zero-order valence-electron chi connectivity index (χ0n) is 11.6. The summed E-state index contributed by atoms with van der Waals surface area (Å²) in [5.41, 5.74) is 2.93. The second kappa shape index (κ2) is 6.94. The third kappa shape index (κ3) is 5.44. The van der Waals surface area contributed by atoms with Crippen molar-refractivity contribution in [3.8, 4) is 0 Å². The quantitative estimate of drug-likeness (QED) is 0.649. The Morgan fingerprint density at radius 1 is 1.30 bits per heavy atom. The lowest BCUT2D eigenvalue weighted by Gasteiger charge is -2.11. The number of hydrogen-bond donors (Lipinski definition) is 1. The molecule has 1 aromatic carbocycles. The summed E-state index contributed by atoms with van der Waals surface area (Å²) in [6, 6.07) is 5.99. The van der Waals surface area contributed by atoms with Crippen LogP contribution in [0.4, 0.5) is 0 Å². The summed E-state index contributed by atoms with van der Waals surface area (Å²) in [6.45, 7) is 6.42. The van der Waals surface area contributed by atoms with Crippen LogP contribution < -0.4 is 4.72 Å². The highest BCUT2D eigenvalue weighted by Gasteiger charge is 2.17. The topological polar surface area (TPSA) is 46.2 Å². The van der Waals surface area contributed by atoms with E-state index in [1.165, 1.54) is 24.3 Å². The Morgan fingerprint density at radius 3 is 2.35 bits per heavy atom. The van der Waals surface area contributed by atoms with Crippen molar-refractivity contribution < 1.29 is 8.42 Å². The molecule has 0 unspecified atom stereocenters. The van der Waals surface area contributed by atoms with E-state index in [2.05, 4.69) is 30.1 Å². The van der Waals surface area contributed by atoms with E-state index < -0.39 is 18.1 Å². The summed E-state index contributed by atoms with van der Waals surface area (Å²) in [5.74, 6) is 0. The van der Waals surface area contributed by atoms with E-state index in [0.717, 1.165) is 0 Å². The number of sulfonamides is 1. The summed E-state index contributed by atoms with van der Waals surface area (Å²) in [6.07, 6.45) is 1.59. The minimum absolute atomic E-state index is 0.145. The molecule has 1 N–H and O–H groups in total. The minimum Gasteiger partial charge on any atom is -0.207 e. The Bertz CT molecular complexity index is 627. The van der Waals surface area contributed by atoms with E-state index in [9.17, 15) is 8.42 Å². The van der Waals surface area contributed by atoms with Gasteiger partial charge in [0.25, 0.3) is 0 Å². The van der Waals surface area contributed by atoms with Gasteiger partial charge < -0.3 is 0 Å². The van der Waals surface area contributed by atoms with E-state index in [4.69, 9.17) is 23.2 Å². The number of hydrogen-bond acceptors (Lipinski definition) is 2. The number of halogens is 2. The van der Waals surface area contributed by atoms with Crippen LogP contribution in [0.3, 0.4) is 0 Å². The summed E-state index contributed by atoms with van der Waals surface area (Å²) < 4.78 is 27.0. The molecule has 0 heterocycles. The van der Waals surface area contributed by atoms with Gasteiger partial charge in [0, 0.05) is 16.2 Å². The molecule has 7 heteroatoms. The lowest BCUT2D eigenvalue weighted by Crippen LogP contribution is -2.24. The van der Waals surface area contributed by atoms with Crippen molar-refractivity contribution >= 4 is 41.3 Å². The highest BCUT2D eigenvalue weighted by atomic mass is 35.5. The van der Waals surface area contributed by atoms with Crippen molar-refractivity contribution in [3.63, 3.8) is 0 Å². The molecule has 0 spiro atoms. The Balaban J connectivity index is 2.75. The van der Waals surface area contributed by atoms with Crippen LogP contribution in [0, 0.1) is 0 Å². The van der Waals surface area contributed by atoms with E-state index in [-0.39, 0.29) is 11.4 Å². The molecule has 0 fully saturated rings.